The summed E-state index contributed by atoms with van der Waals surface area (Å²) in [6.45, 7) is 2.42. The van der Waals surface area contributed by atoms with Gasteiger partial charge in [-0.25, -0.2) is 0 Å². The Morgan fingerprint density at radius 2 is 1.89 bits per heavy atom. The van der Waals surface area contributed by atoms with Crippen LogP contribution >= 0.6 is 34.8 Å². The maximum Gasteiger partial charge on any atom is 0.223 e. The molecular formula is C13H17Cl3N2O. The van der Waals surface area contributed by atoms with Gasteiger partial charge < -0.3 is 5.32 Å². The van der Waals surface area contributed by atoms with Crippen molar-refractivity contribution in [2.24, 2.45) is 0 Å². The number of rotatable bonds is 6. The minimum Gasteiger partial charge on any atom is -0.337 e. The van der Waals surface area contributed by atoms with Crippen LogP contribution in [0.25, 0.3) is 0 Å². The zero-order chi connectivity index (χ0) is 14.3. The van der Waals surface area contributed by atoms with E-state index in [-0.39, 0.29) is 5.91 Å². The normalized spacial score (nSPS) is 13.1. The molecule has 0 aromatic heterocycles. The van der Waals surface area contributed by atoms with Gasteiger partial charge in [0, 0.05) is 13.0 Å². The molecule has 1 amide bonds. The number of alkyl halides is 3. The van der Waals surface area contributed by atoms with Gasteiger partial charge >= 0.3 is 0 Å². The molecule has 0 unspecified atom stereocenters. The molecular weight excluding hydrogens is 307 g/mol. The Balaban J connectivity index is 2.58. The number of carbonyl (C=O) groups is 1. The summed E-state index contributed by atoms with van der Waals surface area (Å²) in [6, 6.07) is 9.69. The van der Waals surface area contributed by atoms with E-state index in [4.69, 9.17) is 34.8 Å². The maximum absolute atomic E-state index is 11.6. The number of benzene rings is 1. The molecule has 1 rings (SSSR count). The van der Waals surface area contributed by atoms with E-state index < -0.39 is 9.96 Å². The molecule has 0 fully saturated rings. The summed E-state index contributed by atoms with van der Waals surface area (Å²) in [5.41, 5.74) is 1.05. The molecule has 0 radical (unpaired) electrons. The van der Waals surface area contributed by atoms with Gasteiger partial charge in [0.05, 0.1) is 0 Å². The Morgan fingerprint density at radius 3 is 2.42 bits per heavy atom. The quantitative estimate of drug-likeness (QED) is 0.622. The third-order valence-corrected chi connectivity index (χ3v) is 3.12. The van der Waals surface area contributed by atoms with E-state index in [2.05, 4.69) is 10.6 Å². The van der Waals surface area contributed by atoms with Crippen LogP contribution in [0.1, 0.15) is 25.3 Å². The first-order valence-corrected chi connectivity index (χ1v) is 7.20. The molecule has 1 aromatic carbocycles. The van der Waals surface area contributed by atoms with Gasteiger partial charge in [-0.3, -0.25) is 10.1 Å². The second-order valence-corrected chi connectivity index (χ2v) is 6.53. The monoisotopic (exact) mass is 322 g/mol. The summed E-state index contributed by atoms with van der Waals surface area (Å²) in [5.74, 6) is -0.139. The first kappa shape index (κ1) is 16.6. The highest BCUT2D eigenvalue weighted by molar-refractivity contribution is 6.68. The Morgan fingerprint density at radius 1 is 1.26 bits per heavy atom. The summed E-state index contributed by atoms with van der Waals surface area (Å²) in [7, 11) is 0. The first-order valence-electron chi connectivity index (χ1n) is 6.07. The van der Waals surface area contributed by atoms with Crippen LogP contribution in [0.5, 0.6) is 0 Å². The van der Waals surface area contributed by atoms with Crippen LogP contribution in [-0.2, 0) is 11.3 Å². The summed E-state index contributed by atoms with van der Waals surface area (Å²) in [5, 5.41) is 5.72. The first-order chi connectivity index (χ1) is 8.93. The highest BCUT2D eigenvalue weighted by Gasteiger charge is 2.33. The standard InChI is InChI=1S/C13H17Cl3N2O/c1-2-6-11(19)18-12(13(14,15)16)17-9-10-7-4-3-5-8-10/h3-5,7-8,12,17H,2,6,9H2,1H3,(H,18,19)/t12-/m1/s1. The Kier molecular flexibility index (Phi) is 6.94. The SMILES string of the molecule is CCCC(=O)N[C@@H](NCc1ccccc1)C(Cl)(Cl)Cl. The summed E-state index contributed by atoms with van der Waals surface area (Å²) >= 11 is 17.6. The molecule has 0 aliphatic rings. The zero-order valence-corrected chi connectivity index (χ0v) is 12.9. The summed E-state index contributed by atoms with van der Waals surface area (Å²) < 4.78 is -1.60. The lowest BCUT2D eigenvalue weighted by atomic mass is 10.2. The largest absolute Gasteiger partial charge is 0.337 e. The van der Waals surface area contributed by atoms with Crippen molar-refractivity contribution in [1.82, 2.24) is 10.6 Å². The van der Waals surface area contributed by atoms with Crippen molar-refractivity contribution < 1.29 is 4.79 Å². The van der Waals surface area contributed by atoms with Crippen LogP contribution < -0.4 is 10.6 Å². The molecule has 6 heteroatoms. The third-order valence-electron chi connectivity index (χ3n) is 2.46. The van der Waals surface area contributed by atoms with Crippen LogP contribution in [0, 0.1) is 0 Å². The van der Waals surface area contributed by atoms with Crippen LogP contribution in [0.4, 0.5) is 0 Å². The lowest BCUT2D eigenvalue weighted by Gasteiger charge is -2.26. The van der Waals surface area contributed by atoms with Crippen LogP contribution in [-0.4, -0.2) is 15.9 Å². The van der Waals surface area contributed by atoms with Crippen molar-refractivity contribution in [3.05, 3.63) is 35.9 Å². The number of carbonyl (C=O) groups excluding carboxylic acids is 1. The predicted molar refractivity (Wildman–Crippen MR) is 80.4 cm³/mol. The Labute approximate surface area is 128 Å². The van der Waals surface area contributed by atoms with Crippen molar-refractivity contribution >= 4 is 40.7 Å². The highest BCUT2D eigenvalue weighted by atomic mass is 35.6. The molecule has 3 nitrogen and oxygen atoms in total. The van der Waals surface area contributed by atoms with Gasteiger partial charge in [-0.05, 0) is 12.0 Å². The molecule has 0 saturated heterocycles. The van der Waals surface area contributed by atoms with E-state index in [0.717, 1.165) is 12.0 Å². The molecule has 1 atom stereocenters. The van der Waals surface area contributed by atoms with Crippen molar-refractivity contribution in [3.8, 4) is 0 Å². The van der Waals surface area contributed by atoms with Gasteiger partial charge in [0.2, 0.25) is 9.70 Å². The Bertz CT molecular complexity index is 393. The van der Waals surface area contributed by atoms with Gasteiger partial charge in [-0.15, -0.1) is 0 Å². The average Bonchev–Trinajstić information content (AvgIpc) is 2.34. The van der Waals surface area contributed by atoms with Crippen molar-refractivity contribution in [2.75, 3.05) is 0 Å². The van der Waals surface area contributed by atoms with E-state index in [1.54, 1.807) is 0 Å². The maximum atomic E-state index is 11.6. The second kappa shape index (κ2) is 7.95. The van der Waals surface area contributed by atoms with E-state index in [9.17, 15) is 4.79 Å². The van der Waals surface area contributed by atoms with Gasteiger partial charge in [-0.1, -0.05) is 72.1 Å². The predicted octanol–water partition coefficient (Wildman–Crippen LogP) is 3.39. The highest BCUT2D eigenvalue weighted by Crippen LogP contribution is 2.29. The second-order valence-electron chi connectivity index (χ2n) is 4.16. The zero-order valence-electron chi connectivity index (χ0n) is 10.6. The number of hydrogen-bond donors (Lipinski definition) is 2. The number of amides is 1. The molecule has 0 aliphatic heterocycles. The van der Waals surface area contributed by atoms with E-state index in [1.807, 2.05) is 37.3 Å². The van der Waals surface area contributed by atoms with Gasteiger partial charge in [0.25, 0.3) is 0 Å². The Hall–Kier alpha value is -0.480. The van der Waals surface area contributed by atoms with E-state index in [1.165, 1.54) is 0 Å². The number of halogens is 3. The molecule has 0 saturated carbocycles. The van der Waals surface area contributed by atoms with E-state index in [0.29, 0.717) is 13.0 Å². The van der Waals surface area contributed by atoms with Crippen molar-refractivity contribution in [1.29, 1.82) is 0 Å². The lowest BCUT2D eigenvalue weighted by Crippen LogP contribution is -2.53. The minimum atomic E-state index is -1.60. The van der Waals surface area contributed by atoms with Gasteiger partial charge in [0.15, 0.2) is 0 Å². The van der Waals surface area contributed by atoms with Crippen LogP contribution in [0.2, 0.25) is 0 Å². The summed E-state index contributed by atoms with van der Waals surface area (Å²) in [4.78, 5) is 11.6. The molecule has 2 N–H and O–H groups in total. The van der Waals surface area contributed by atoms with Gasteiger partial charge in [0.1, 0.15) is 6.17 Å². The number of nitrogens with one attached hydrogen (secondary N) is 2. The smallest absolute Gasteiger partial charge is 0.223 e. The van der Waals surface area contributed by atoms with Crippen LogP contribution in [0.3, 0.4) is 0 Å². The molecule has 0 spiro atoms. The fourth-order valence-electron chi connectivity index (χ4n) is 1.52. The number of hydrogen-bond acceptors (Lipinski definition) is 2. The van der Waals surface area contributed by atoms with Crippen molar-refractivity contribution in [2.45, 2.75) is 36.3 Å². The molecule has 19 heavy (non-hydrogen) atoms. The van der Waals surface area contributed by atoms with Crippen molar-refractivity contribution in [3.63, 3.8) is 0 Å². The van der Waals surface area contributed by atoms with E-state index >= 15 is 0 Å². The fourth-order valence-corrected chi connectivity index (χ4v) is 1.92. The molecule has 1 aromatic rings. The fraction of sp³-hybridized carbons (Fsp3) is 0.462. The third kappa shape index (κ3) is 6.48. The van der Waals surface area contributed by atoms with Gasteiger partial charge in [-0.2, -0.15) is 0 Å². The molecule has 0 heterocycles. The molecule has 0 aliphatic carbocycles. The molecule has 0 bridgehead atoms. The molecule has 106 valence electrons. The summed E-state index contributed by atoms with van der Waals surface area (Å²) in [6.07, 6.45) is 0.429. The topological polar surface area (TPSA) is 41.1 Å². The minimum absolute atomic E-state index is 0.139. The average molecular weight is 324 g/mol. The lowest BCUT2D eigenvalue weighted by molar-refractivity contribution is -0.122. The van der Waals surface area contributed by atoms with Crippen LogP contribution in [0.15, 0.2) is 30.3 Å².